The van der Waals surface area contributed by atoms with Crippen molar-refractivity contribution in [3.8, 4) is 0 Å². The molecule has 4 heteroatoms. The van der Waals surface area contributed by atoms with Gasteiger partial charge in [0.15, 0.2) is 0 Å². The molecule has 2 aliphatic carbocycles. The average Bonchev–Trinajstić information content (AvgIpc) is 2.61. The zero-order chi connectivity index (χ0) is 19.5. The summed E-state index contributed by atoms with van der Waals surface area (Å²) in [5, 5.41) is 0. The third-order valence-corrected chi connectivity index (χ3v) is 8.24. The molecule has 28 heavy (non-hydrogen) atoms. The fourth-order valence-corrected chi connectivity index (χ4v) is 6.22. The Balaban J connectivity index is 0. The molecule has 0 atom stereocenters. The molecule has 0 bridgehead atoms. The summed E-state index contributed by atoms with van der Waals surface area (Å²) in [6.45, 7) is 9.15. The number of halogens is 2. The maximum atomic E-state index is 4.84. The Morgan fingerprint density at radius 1 is 0.571 bits per heavy atom. The Morgan fingerprint density at radius 3 is 1.07 bits per heavy atom. The molecule has 172 valence electrons. The molecule has 0 spiro atoms. The van der Waals surface area contributed by atoms with Gasteiger partial charge in [-0.15, -0.1) is 34.0 Å². The topological polar surface area (TPSA) is 0 Å². The lowest BCUT2D eigenvalue weighted by molar-refractivity contribution is 0.277. The van der Waals surface area contributed by atoms with Gasteiger partial charge in [-0.25, -0.2) is 0 Å². The first-order chi connectivity index (χ1) is 12.4. The number of rotatable bonds is 8. The van der Waals surface area contributed by atoms with E-state index in [1.165, 1.54) is 103 Å². The van der Waals surface area contributed by atoms with Gasteiger partial charge in [-0.3, -0.25) is 0 Å². The predicted octanol–water partition coefficient (Wildman–Crippen LogP) is 10.0. The van der Waals surface area contributed by atoms with Crippen molar-refractivity contribution < 1.29 is 0 Å². The smallest absolute Gasteiger partial charge is 0.0130 e. The van der Waals surface area contributed by atoms with Crippen molar-refractivity contribution in [2.24, 2.45) is 11.8 Å². The first-order valence-electron chi connectivity index (χ1n) is 11.8. The summed E-state index contributed by atoms with van der Waals surface area (Å²) in [6.07, 6.45) is 22.0. The third kappa shape index (κ3) is 12.5. The molecule has 2 fully saturated rings. The minimum absolute atomic E-state index is 0. The molecule has 0 nitrogen and oxygen atoms in total. The van der Waals surface area contributed by atoms with Crippen LogP contribution < -0.4 is 0 Å². The van der Waals surface area contributed by atoms with Gasteiger partial charge in [0.2, 0.25) is 0 Å². The number of hydrogen-bond acceptors (Lipinski definition) is 2. The molecular weight excluding hydrogens is 512 g/mol. The van der Waals surface area contributed by atoms with Crippen molar-refractivity contribution in [2.45, 2.75) is 140 Å². The first kappa shape index (κ1) is 31.8. The molecule has 2 rings (SSSR count). The van der Waals surface area contributed by atoms with Crippen molar-refractivity contribution in [1.82, 2.24) is 0 Å². The number of hydrogen-bond donors (Lipinski definition) is 2. The third-order valence-electron chi connectivity index (χ3n) is 6.90. The van der Waals surface area contributed by atoms with Gasteiger partial charge in [0.05, 0.1) is 0 Å². The second kappa shape index (κ2) is 17.2. The van der Waals surface area contributed by atoms with Crippen LogP contribution in [0.1, 0.15) is 130 Å². The molecule has 0 saturated heterocycles. The summed E-state index contributed by atoms with van der Waals surface area (Å²) in [4.78, 5) is 0. The lowest BCUT2D eigenvalue weighted by Crippen LogP contribution is -2.28. The molecule has 0 radical (unpaired) electrons. The van der Waals surface area contributed by atoms with Crippen molar-refractivity contribution in [3.05, 3.63) is 0 Å². The second-order valence-electron chi connectivity index (χ2n) is 9.41. The maximum absolute atomic E-state index is 4.84. The van der Waals surface area contributed by atoms with E-state index in [0.717, 1.165) is 11.8 Å². The van der Waals surface area contributed by atoms with E-state index in [4.69, 9.17) is 25.3 Å². The maximum Gasteiger partial charge on any atom is 0.0130 e. The summed E-state index contributed by atoms with van der Waals surface area (Å²) >= 11 is 9.68. The normalized spacial score (nSPS) is 32.4. The predicted molar refractivity (Wildman–Crippen MR) is 148 cm³/mol. The molecule has 0 aromatic carbocycles. The highest BCUT2D eigenvalue weighted by Gasteiger charge is 2.31. The van der Waals surface area contributed by atoms with Gasteiger partial charge in [0.1, 0.15) is 0 Å². The Morgan fingerprint density at radius 2 is 0.857 bits per heavy atom. The van der Waals surface area contributed by atoms with Crippen molar-refractivity contribution >= 4 is 59.2 Å². The van der Waals surface area contributed by atoms with Crippen molar-refractivity contribution in [1.29, 1.82) is 0 Å². The molecule has 2 saturated carbocycles. The fourth-order valence-electron chi connectivity index (χ4n) is 5.25. The van der Waals surface area contributed by atoms with Gasteiger partial charge in [0, 0.05) is 9.49 Å². The molecule has 0 unspecified atom stereocenters. The van der Waals surface area contributed by atoms with Gasteiger partial charge >= 0.3 is 0 Å². The summed E-state index contributed by atoms with van der Waals surface area (Å²) < 4.78 is 0.804. The van der Waals surface area contributed by atoms with E-state index in [1.807, 2.05) is 0 Å². The van der Waals surface area contributed by atoms with Crippen LogP contribution in [0, 0.1) is 11.8 Å². The van der Waals surface area contributed by atoms with Crippen LogP contribution >= 0.6 is 59.2 Å². The zero-order valence-corrected chi connectivity index (χ0v) is 24.4. The van der Waals surface area contributed by atoms with Crippen LogP contribution in [0.3, 0.4) is 0 Å². The SMILES string of the molecule is Br.Br.CCCC1CCC(S)(CCC)CC1.CCCC1CCC(S)(CCC)CC1. The van der Waals surface area contributed by atoms with Gasteiger partial charge in [-0.05, 0) is 76.0 Å². The lowest BCUT2D eigenvalue weighted by Gasteiger charge is -2.36. The minimum atomic E-state index is 0. The number of thiol groups is 2. The fraction of sp³-hybridized carbons (Fsp3) is 1.00. The van der Waals surface area contributed by atoms with Crippen molar-refractivity contribution in [2.75, 3.05) is 0 Å². The van der Waals surface area contributed by atoms with Crippen LogP contribution in [0.5, 0.6) is 0 Å². The highest BCUT2D eigenvalue weighted by molar-refractivity contribution is 8.93. The molecule has 0 aliphatic heterocycles. The van der Waals surface area contributed by atoms with E-state index in [9.17, 15) is 0 Å². The molecule has 0 aromatic heterocycles. The second-order valence-corrected chi connectivity index (χ2v) is 11.3. The van der Waals surface area contributed by atoms with E-state index >= 15 is 0 Å². The molecule has 0 aromatic rings. The standard InChI is InChI=1S/2C12H24S.2BrH/c2*1-3-5-11-6-9-12(13,8-4-2)10-7-11;;/h2*11,13H,3-10H2,1-2H3;2*1H. The van der Waals surface area contributed by atoms with E-state index in [2.05, 4.69) is 27.7 Å². The highest BCUT2D eigenvalue weighted by Crippen LogP contribution is 2.42. The van der Waals surface area contributed by atoms with Crippen molar-refractivity contribution in [3.63, 3.8) is 0 Å². The summed E-state index contributed by atoms with van der Waals surface area (Å²) in [5.41, 5.74) is 0. The molecular formula is C24H50Br2S2. The van der Waals surface area contributed by atoms with Gasteiger partial charge in [-0.1, -0.05) is 66.2 Å². The summed E-state index contributed by atoms with van der Waals surface area (Å²) in [7, 11) is 0. The average molecular weight is 563 g/mol. The van der Waals surface area contributed by atoms with E-state index in [0.29, 0.717) is 9.49 Å². The quantitative estimate of drug-likeness (QED) is 0.270. The highest BCUT2D eigenvalue weighted by atomic mass is 79.9. The first-order valence-corrected chi connectivity index (χ1v) is 12.7. The molecule has 0 N–H and O–H groups in total. The Hall–Kier alpha value is 1.66. The molecule has 2 aliphatic rings. The van der Waals surface area contributed by atoms with E-state index in [1.54, 1.807) is 0 Å². The molecule has 0 amide bonds. The van der Waals surface area contributed by atoms with Crippen LogP contribution in [0.15, 0.2) is 0 Å². The Kier molecular flexibility index (Phi) is 19.6. The van der Waals surface area contributed by atoms with Gasteiger partial charge in [0.25, 0.3) is 0 Å². The van der Waals surface area contributed by atoms with Crippen LogP contribution in [-0.4, -0.2) is 9.49 Å². The Bertz CT molecular complexity index is 313. The Labute approximate surface area is 209 Å². The monoisotopic (exact) mass is 560 g/mol. The summed E-state index contributed by atoms with van der Waals surface area (Å²) in [5.74, 6) is 2.03. The van der Waals surface area contributed by atoms with Gasteiger partial charge in [-0.2, -0.15) is 25.3 Å². The van der Waals surface area contributed by atoms with E-state index in [-0.39, 0.29) is 34.0 Å². The van der Waals surface area contributed by atoms with Crippen LogP contribution in [-0.2, 0) is 0 Å². The largest absolute Gasteiger partial charge is 0.173 e. The zero-order valence-electron chi connectivity index (χ0n) is 19.2. The minimum Gasteiger partial charge on any atom is -0.173 e. The van der Waals surface area contributed by atoms with Crippen LogP contribution in [0.2, 0.25) is 0 Å². The van der Waals surface area contributed by atoms with E-state index < -0.39 is 0 Å². The van der Waals surface area contributed by atoms with Crippen LogP contribution in [0.4, 0.5) is 0 Å². The summed E-state index contributed by atoms with van der Waals surface area (Å²) in [6, 6.07) is 0. The lowest BCUT2D eigenvalue weighted by atomic mass is 9.78. The molecule has 0 heterocycles. The van der Waals surface area contributed by atoms with Gasteiger partial charge < -0.3 is 0 Å². The van der Waals surface area contributed by atoms with Crippen LogP contribution in [0.25, 0.3) is 0 Å².